The van der Waals surface area contributed by atoms with Crippen molar-refractivity contribution in [3.63, 3.8) is 0 Å². The normalized spacial score (nSPS) is 19.4. The second-order valence-electron chi connectivity index (χ2n) is 4.80. The van der Waals surface area contributed by atoms with Gasteiger partial charge in [-0.05, 0) is 36.6 Å². The van der Waals surface area contributed by atoms with Crippen molar-refractivity contribution in [2.75, 3.05) is 19.8 Å². The van der Waals surface area contributed by atoms with Gasteiger partial charge in [-0.1, -0.05) is 0 Å². The summed E-state index contributed by atoms with van der Waals surface area (Å²) in [7, 11) is -3.78. The van der Waals surface area contributed by atoms with Crippen molar-refractivity contribution in [2.45, 2.75) is 24.7 Å². The standard InChI is InChI=1S/C12H17NO5S2/c1-8-7-19-10(12(14)15)11(8)20(16,17)13-4-2-9-3-5-18-6-9/h7,9,13H,2-6H2,1H3,(H,14,15). The number of thiophene rings is 1. The second kappa shape index (κ2) is 6.21. The number of hydrogen-bond donors (Lipinski definition) is 2. The van der Waals surface area contributed by atoms with E-state index in [0.29, 0.717) is 31.1 Å². The van der Waals surface area contributed by atoms with Crippen LogP contribution >= 0.6 is 11.3 Å². The van der Waals surface area contributed by atoms with Crippen LogP contribution in [0.4, 0.5) is 0 Å². The van der Waals surface area contributed by atoms with Crippen LogP contribution in [0.5, 0.6) is 0 Å². The van der Waals surface area contributed by atoms with Crippen molar-refractivity contribution < 1.29 is 23.1 Å². The van der Waals surface area contributed by atoms with E-state index in [2.05, 4.69) is 4.72 Å². The maximum atomic E-state index is 12.2. The molecule has 2 rings (SSSR count). The maximum Gasteiger partial charge on any atom is 0.347 e. The average Bonchev–Trinajstić information content (AvgIpc) is 2.98. The summed E-state index contributed by atoms with van der Waals surface area (Å²) in [5.41, 5.74) is 0.462. The molecule has 1 atom stereocenters. The Balaban J connectivity index is 2.06. The Morgan fingerprint density at radius 3 is 2.95 bits per heavy atom. The molecular formula is C12H17NO5S2. The molecule has 1 aromatic heterocycles. The first kappa shape index (κ1) is 15.4. The summed E-state index contributed by atoms with van der Waals surface area (Å²) in [5.74, 6) is -0.840. The van der Waals surface area contributed by atoms with E-state index >= 15 is 0 Å². The largest absolute Gasteiger partial charge is 0.477 e. The molecule has 0 bridgehead atoms. The highest BCUT2D eigenvalue weighted by Crippen LogP contribution is 2.26. The third-order valence-corrected chi connectivity index (χ3v) is 6.11. The van der Waals surface area contributed by atoms with Gasteiger partial charge in [0.05, 0.1) is 0 Å². The molecule has 8 heteroatoms. The van der Waals surface area contributed by atoms with Gasteiger partial charge in [-0.15, -0.1) is 11.3 Å². The summed E-state index contributed by atoms with van der Waals surface area (Å²) in [6.07, 6.45) is 1.64. The lowest BCUT2D eigenvalue weighted by molar-refractivity contribution is 0.0698. The van der Waals surface area contributed by atoms with Crippen LogP contribution in [0.15, 0.2) is 10.3 Å². The van der Waals surface area contributed by atoms with E-state index in [0.717, 1.165) is 24.4 Å². The number of ether oxygens (including phenoxy) is 1. The number of rotatable bonds is 6. The van der Waals surface area contributed by atoms with Gasteiger partial charge in [0.1, 0.15) is 9.77 Å². The van der Waals surface area contributed by atoms with Gasteiger partial charge in [0.15, 0.2) is 0 Å². The van der Waals surface area contributed by atoms with Gasteiger partial charge in [0.25, 0.3) is 0 Å². The van der Waals surface area contributed by atoms with Crippen molar-refractivity contribution in [3.8, 4) is 0 Å². The van der Waals surface area contributed by atoms with Gasteiger partial charge < -0.3 is 9.84 Å². The fourth-order valence-corrected chi connectivity index (χ4v) is 4.87. The Kier molecular flexibility index (Phi) is 4.79. The topological polar surface area (TPSA) is 92.7 Å². The highest BCUT2D eigenvalue weighted by molar-refractivity contribution is 7.89. The van der Waals surface area contributed by atoms with Crippen LogP contribution in [-0.4, -0.2) is 39.3 Å². The molecule has 2 heterocycles. The van der Waals surface area contributed by atoms with Crippen LogP contribution < -0.4 is 4.72 Å². The van der Waals surface area contributed by atoms with Crippen LogP contribution in [0.25, 0.3) is 0 Å². The SMILES string of the molecule is Cc1csc(C(=O)O)c1S(=O)(=O)NCCC1CCOC1. The smallest absolute Gasteiger partial charge is 0.347 e. The Hall–Kier alpha value is -0.960. The highest BCUT2D eigenvalue weighted by Gasteiger charge is 2.26. The molecule has 1 saturated heterocycles. The molecule has 2 N–H and O–H groups in total. The maximum absolute atomic E-state index is 12.2. The molecule has 0 aliphatic carbocycles. The minimum Gasteiger partial charge on any atom is -0.477 e. The summed E-state index contributed by atoms with van der Waals surface area (Å²) < 4.78 is 32.1. The Morgan fingerprint density at radius 1 is 1.60 bits per heavy atom. The van der Waals surface area contributed by atoms with E-state index < -0.39 is 16.0 Å². The summed E-state index contributed by atoms with van der Waals surface area (Å²) in [6, 6.07) is 0. The number of sulfonamides is 1. The third kappa shape index (κ3) is 3.38. The van der Waals surface area contributed by atoms with Crippen molar-refractivity contribution >= 4 is 27.3 Å². The quantitative estimate of drug-likeness (QED) is 0.828. The van der Waals surface area contributed by atoms with Crippen LogP contribution in [0.3, 0.4) is 0 Å². The van der Waals surface area contributed by atoms with Crippen molar-refractivity contribution in [2.24, 2.45) is 5.92 Å². The average molecular weight is 319 g/mol. The highest BCUT2D eigenvalue weighted by atomic mass is 32.2. The number of aromatic carboxylic acids is 1. The van der Waals surface area contributed by atoms with E-state index in [1.807, 2.05) is 0 Å². The Labute approximate surface area is 121 Å². The number of carbonyl (C=O) groups is 1. The molecule has 20 heavy (non-hydrogen) atoms. The number of aryl methyl sites for hydroxylation is 1. The summed E-state index contributed by atoms with van der Waals surface area (Å²) in [6.45, 7) is 3.29. The lowest BCUT2D eigenvalue weighted by Crippen LogP contribution is -2.27. The van der Waals surface area contributed by atoms with E-state index in [1.54, 1.807) is 12.3 Å². The zero-order chi connectivity index (χ0) is 14.8. The van der Waals surface area contributed by atoms with Crippen LogP contribution in [0.1, 0.15) is 28.1 Å². The van der Waals surface area contributed by atoms with Gasteiger partial charge in [-0.25, -0.2) is 17.9 Å². The van der Waals surface area contributed by atoms with Gasteiger partial charge in [0, 0.05) is 19.8 Å². The monoisotopic (exact) mass is 319 g/mol. The minimum atomic E-state index is -3.78. The summed E-state index contributed by atoms with van der Waals surface area (Å²) in [4.78, 5) is 10.8. The number of hydrogen-bond acceptors (Lipinski definition) is 5. The van der Waals surface area contributed by atoms with Crippen molar-refractivity contribution in [1.29, 1.82) is 0 Å². The third-order valence-electron chi connectivity index (χ3n) is 3.25. The number of carboxylic acid groups (broad SMARTS) is 1. The van der Waals surface area contributed by atoms with E-state index in [1.165, 1.54) is 0 Å². The molecule has 0 saturated carbocycles. The molecule has 0 amide bonds. The summed E-state index contributed by atoms with van der Waals surface area (Å²) >= 11 is 0.931. The Bertz CT molecular complexity index is 587. The molecule has 0 aromatic carbocycles. The van der Waals surface area contributed by atoms with Crippen molar-refractivity contribution in [3.05, 3.63) is 15.8 Å². The zero-order valence-corrected chi connectivity index (χ0v) is 12.7. The van der Waals surface area contributed by atoms with E-state index in [4.69, 9.17) is 9.84 Å². The first-order chi connectivity index (χ1) is 9.42. The van der Waals surface area contributed by atoms with E-state index in [-0.39, 0.29) is 9.77 Å². The van der Waals surface area contributed by atoms with Gasteiger partial charge >= 0.3 is 5.97 Å². The zero-order valence-electron chi connectivity index (χ0n) is 11.1. The number of nitrogens with one attached hydrogen (secondary N) is 1. The molecule has 1 unspecified atom stereocenters. The first-order valence-corrected chi connectivity index (χ1v) is 8.67. The fraction of sp³-hybridized carbons (Fsp3) is 0.583. The van der Waals surface area contributed by atoms with Gasteiger partial charge in [-0.3, -0.25) is 0 Å². The van der Waals surface area contributed by atoms with Crippen LogP contribution in [0.2, 0.25) is 0 Å². The second-order valence-corrected chi connectivity index (χ2v) is 7.38. The molecule has 0 spiro atoms. The minimum absolute atomic E-state index is 0.113. The first-order valence-electron chi connectivity index (χ1n) is 6.30. The number of carboxylic acids is 1. The van der Waals surface area contributed by atoms with Gasteiger partial charge in [0.2, 0.25) is 10.0 Å². The van der Waals surface area contributed by atoms with Crippen LogP contribution in [0, 0.1) is 12.8 Å². The molecule has 0 radical (unpaired) electrons. The molecule has 1 fully saturated rings. The molecule has 1 aliphatic rings. The predicted octanol–water partition coefficient (Wildman–Crippen LogP) is 1.46. The van der Waals surface area contributed by atoms with E-state index in [9.17, 15) is 13.2 Å². The van der Waals surface area contributed by atoms with Gasteiger partial charge in [-0.2, -0.15) is 0 Å². The van der Waals surface area contributed by atoms with Crippen molar-refractivity contribution in [1.82, 2.24) is 4.72 Å². The van der Waals surface area contributed by atoms with Crippen LogP contribution in [-0.2, 0) is 14.8 Å². The molecule has 112 valence electrons. The Morgan fingerprint density at radius 2 is 2.35 bits per heavy atom. The molecular weight excluding hydrogens is 302 g/mol. The molecule has 1 aromatic rings. The lowest BCUT2D eigenvalue weighted by atomic mass is 10.1. The molecule has 6 nitrogen and oxygen atoms in total. The predicted molar refractivity (Wildman–Crippen MR) is 74.7 cm³/mol. The summed E-state index contributed by atoms with van der Waals surface area (Å²) in [5, 5.41) is 10.6. The lowest BCUT2D eigenvalue weighted by Gasteiger charge is -2.10. The fourth-order valence-electron chi connectivity index (χ4n) is 2.20. The molecule has 1 aliphatic heterocycles.